The maximum Gasteiger partial charge on any atom is 0.315 e. The molecule has 0 aliphatic rings. The van der Waals surface area contributed by atoms with Gasteiger partial charge in [-0.2, -0.15) is 5.10 Å². The number of thiazole rings is 1. The monoisotopic (exact) mass is 416 g/mol. The molecule has 8 nitrogen and oxygen atoms in total. The van der Waals surface area contributed by atoms with Gasteiger partial charge in [-0.1, -0.05) is 0 Å². The van der Waals surface area contributed by atoms with Crippen molar-refractivity contribution in [2.75, 3.05) is 19.1 Å². The van der Waals surface area contributed by atoms with E-state index in [1.165, 1.54) is 42.9 Å². The number of rotatable bonds is 8. The van der Waals surface area contributed by atoms with Crippen molar-refractivity contribution in [2.24, 2.45) is 5.10 Å². The maximum atomic E-state index is 13.0. The topological polar surface area (TPSA) is 98.9 Å². The average Bonchev–Trinajstić information content (AvgIpc) is 3.17. The summed E-state index contributed by atoms with van der Waals surface area (Å²) in [6.45, 7) is 2.10. The van der Waals surface area contributed by atoms with Crippen molar-refractivity contribution < 1.29 is 18.8 Å². The Morgan fingerprint density at radius 3 is 2.76 bits per heavy atom. The van der Waals surface area contributed by atoms with Crippen LogP contribution in [-0.2, 0) is 0 Å². The van der Waals surface area contributed by atoms with Crippen molar-refractivity contribution in [2.45, 2.75) is 6.92 Å². The quantitative estimate of drug-likeness (QED) is 0.324. The number of ether oxygens (including phenoxy) is 2. The Hall–Kier alpha value is -3.53. The number of methoxy groups -OCH3 is 1. The standard InChI is InChI=1S/C19H17FN4O4S/c1-3-28-17-9-12(8-16(24(25)26)18(17)27-2)10-21-23-19-22-15(11-29-19)13-4-6-14(20)7-5-13/h4-11H,3H2,1-2H3,(H,22,23)/b21-10-. The Morgan fingerprint density at radius 2 is 2.10 bits per heavy atom. The lowest BCUT2D eigenvalue weighted by Crippen LogP contribution is -2.01. The van der Waals surface area contributed by atoms with Gasteiger partial charge in [0.25, 0.3) is 0 Å². The SMILES string of the molecule is CCOc1cc(/C=N\Nc2nc(-c3ccc(F)cc3)cs2)cc([N+](=O)[O-])c1OC. The summed E-state index contributed by atoms with van der Waals surface area (Å²) in [4.78, 5) is 15.2. The maximum absolute atomic E-state index is 13.0. The highest BCUT2D eigenvalue weighted by Gasteiger charge is 2.21. The van der Waals surface area contributed by atoms with Crippen LogP contribution < -0.4 is 14.9 Å². The molecule has 0 fully saturated rings. The summed E-state index contributed by atoms with van der Waals surface area (Å²) in [7, 11) is 1.35. The molecule has 0 unspecified atom stereocenters. The second kappa shape index (κ2) is 9.11. The summed E-state index contributed by atoms with van der Waals surface area (Å²) >= 11 is 1.33. The molecule has 10 heteroatoms. The second-order valence-electron chi connectivity index (χ2n) is 5.68. The lowest BCUT2D eigenvalue weighted by atomic mass is 10.2. The first-order chi connectivity index (χ1) is 14.0. The van der Waals surface area contributed by atoms with Crippen LogP contribution in [-0.4, -0.2) is 29.8 Å². The molecule has 0 bridgehead atoms. The molecule has 3 aromatic rings. The van der Waals surface area contributed by atoms with E-state index < -0.39 is 4.92 Å². The molecular weight excluding hydrogens is 399 g/mol. The van der Waals surface area contributed by atoms with Gasteiger partial charge in [-0.25, -0.2) is 9.37 Å². The lowest BCUT2D eigenvalue weighted by Gasteiger charge is -2.10. The van der Waals surface area contributed by atoms with Crippen molar-refractivity contribution in [1.29, 1.82) is 0 Å². The van der Waals surface area contributed by atoms with Crippen molar-refractivity contribution in [3.05, 3.63) is 63.3 Å². The highest BCUT2D eigenvalue weighted by atomic mass is 32.1. The van der Waals surface area contributed by atoms with Crippen molar-refractivity contribution in [3.8, 4) is 22.8 Å². The summed E-state index contributed by atoms with van der Waals surface area (Å²) in [6, 6.07) is 8.97. The van der Waals surface area contributed by atoms with Gasteiger partial charge in [-0.05, 0) is 37.3 Å². The normalized spacial score (nSPS) is 10.9. The number of nitrogens with zero attached hydrogens (tertiary/aromatic N) is 3. The number of nitro groups is 1. The molecule has 0 saturated heterocycles. The first-order valence-corrected chi connectivity index (χ1v) is 9.39. The van der Waals surface area contributed by atoms with Gasteiger partial charge in [0.1, 0.15) is 5.82 Å². The van der Waals surface area contributed by atoms with Crippen LogP contribution in [0.5, 0.6) is 11.5 Å². The molecule has 150 valence electrons. The minimum absolute atomic E-state index is 0.0609. The van der Waals surface area contributed by atoms with Crippen molar-refractivity contribution >= 4 is 28.4 Å². The summed E-state index contributed by atoms with van der Waals surface area (Å²) < 4.78 is 23.6. The Morgan fingerprint density at radius 1 is 1.34 bits per heavy atom. The van der Waals surface area contributed by atoms with E-state index in [4.69, 9.17) is 9.47 Å². The second-order valence-corrected chi connectivity index (χ2v) is 6.53. The Kier molecular flexibility index (Phi) is 6.35. The number of hydrazone groups is 1. The molecule has 29 heavy (non-hydrogen) atoms. The Bertz CT molecular complexity index is 1040. The predicted octanol–water partition coefficient (Wildman–Crippen LogP) is 4.71. The zero-order valence-corrected chi connectivity index (χ0v) is 16.4. The van der Waals surface area contributed by atoms with Gasteiger partial charge in [0.05, 0.1) is 30.5 Å². The van der Waals surface area contributed by atoms with Gasteiger partial charge in [-0.3, -0.25) is 15.5 Å². The minimum Gasteiger partial charge on any atom is -0.490 e. The zero-order valence-electron chi connectivity index (χ0n) is 15.6. The van der Waals surface area contributed by atoms with Gasteiger partial charge in [0.2, 0.25) is 10.9 Å². The lowest BCUT2D eigenvalue weighted by molar-refractivity contribution is -0.385. The van der Waals surface area contributed by atoms with Crippen LogP contribution in [0.3, 0.4) is 0 Å². The molecule has 0 radical (unpaired) electrons. The van der Waals surface area contributed by atoms with E-state index in [9.17, 15) is 14.5 Å². The van der Waals surface area contributed by atoms with Crippen LogP contribution in [0.2, 0.25) is 0 Å². The smallest absolute Gasteiger partial charge is 0.315 e. The summed E-state index contributed by atoms with van der Waals surface area (Å²) in [5.74, 6) is 0.0104. The third-order valence-corrected chi connectivity index (χ3v) is 4.52. The number of anilines is 1. The molecule has 0 spiro atoms. The van der Waals surface area contributed by atoms with E-state index in [1.54, 1.807) is 25.1 Å². The third kappa shape index (κ3) is 4.85. The molecule has 3 rings (SSSR count). The summed E-state index contributed by atoms with van der Waals surface area (Å²) in [6.07, 6.45) is 1.42. The number of nitro benzene ring substituents is 1. The van der Waals surface area contributed by atoms with Crippen LogP contribution in [0.4, 0.5) is 15.2 Å². The van der Waals surface area contributed by atoms with Crippen LogP contribution in [0.1, 0.15) is 12.5 Å². The fourth-order valence-electron chi connectivity index (χ4n) is 2.53. The molecule has 0 atom stereocenters. The average molecular weight is 416 g/mol. The van der Waals surface area contributed by atoms with E-state index in [0.29, 0.717) is 23.0 Å². The Balaban J connectivity index is 1.78. The van der Waals surface area contributed by atoms with E-state index in [2.05, 4.69) is 15.5 Å². The van der Waals surface area contributed by atoms with E-state index in [1.807, 2.05) is 5.38 Å². The van der Waals surface area contributed by atoms with E-state index >= 15 is 0 Å². The molecule has 1 aromatic heterocycles. The Labute approximate surface area is 169 Å². The molecular formula is C19H17FN4O4S. The van der Waals surface area contributed by atoms with E-state index in [-0.39, 0.29) is 23.0 Å². The fourth-order valence-corrected chi connectivity index (χ4v) is 3.20. The fraction of sp³-hybridized carbons (Fsp3) is 0.158. The highest BCUT2D eigenvalue weighted by molar-refractivity contribution is 7.14. The summed E-state index contributed by atoms with van der Waals surface area (Å²) in [5, 5.41) is 17.7. The van der Waals surface area contributed by atoms with Gasteiger partial charge >= 0.3 is 5.69 Å². The van der Waals surface area contributed by atoms with Gasteiger partial charge in [0.15, 0.2) is 5.75 Å². The predicted molar refractivity (Wildman–Crippen MR) is 110 cm³/mol. The molecule has 0 aliphatic carbocycles. The van der Waals surface area contributed by atoms with Crippen LogP contribution in [0.25, 0.3) is 11.3 Å². The summed E-state index contributed by atoms with van der Waals surface area (Å²) in [5.41, 5.74) is 4.50. The zero-order chi connectivity index (χ0) is 20.8. The third-order valence-electron chi connectivity index (χ3n) is 3.78. The molecule has 0 saturated carbocycles. The number of halogens is 1. The van der Waals surface area contributed by atoms with Crippen LogP contribution in [0.15, 0.2) is 46.9 Å². The van der Waals surface area contributed by atoms with Gasteiger partial charge in [0, 0.05) is 22.6 Å². The largest absolute Gasteiger partial charge is 0.490 e. The van der Waals surface area contributed by atoms with Crippen molar-refractivity contribution in [1.82, 2.24) is 4.98 Å². The van der Waals surface area contributed by atoms with Gasteiger partial charge in [-0.15, -0.1) is 11.3 Å². The first kappa shape index (κ1) is 20.2. The van der Waals surface area contributed by atoms with Crippen LogP contribution in [0, 0.1) is 15.9 Å². The van der Waals surface area contributed by atoms with Gasteiger partial charge < -0.3 is 9.47 Å². The molecule has 0 aliphatic heterocycles. The minimum atomic E-state index is -0.540. The number of hydrogen-bond donors (Lipinski definition) is 1. The molecule has 0 amide bonds. The number of aromatic nitrogens is 1. The molecule has 2 aromatic carbocycles. The molecule has 1 heterocycles. The van der Waals surface area contributed by atoms with Crippen molar-refractivity contribution in [3.63, 3.8) is 0 Å². The molecule has 1 N–H and O–H groups in total. The number of nitrogens with one attached hydrogen (secondary N) is 1. The highest BCUT2D eigenvalue weighted by Crippen LogP contribution is 2.37. The number of hydrogen-bond acceptors (Lipinski definition) is 8. The van der Waals surface area contributed by atoms with Crippen LogP contribution >= 0.6 is 11.3 Å². The number of benzene rings is 2. The first-order valence-electron chi connectivity index (χ1n) is 8.51. The van der Waals surface area contributed by atoms with E-state index in [0.717, 1.165) is 5.56 Å².